The van der Waals surface area contributed by atoms with E-state index in [1.54, 1.807) is 12.4 Å². The third kappa shape index (κ3) is 3.79. The number of hydrogen-bond acceptors (Lipinski definition) is 4. The van der Waals surface area contributed by atoms with Crippen LogP contribution in [-0.2, 0) is 13.1 Å². The van der Waals surface area contributed by atoms with Crippen molar-refractivity contribution in [3.8, 4) is 11.6 Å². The lowest BCUT2D eigenvalue weighted by atomic mass is 10.2. The zero-order valence-electron chi connectivity index (χ0n) is 11.5. The average Bonchev–Trinajstić information content (AvgIpc) is 2.89. The number of nitrogens with zero attached hydrogens (tertiary/aromatic N) is 3. The highest BCUT2D eigenvalue weighted by molar-refractivity contribution is 5.29. The number of aryl methyl sites for hydroxylation is 1. The fraction of sp³-hybridized carbons (Fsp3) is 0.429. The molecular formula is C14H20N4O. The van der Waals surface area contributed by atoms with E-state index in [9.17, 15) is 0 Å². The first kappa shape index (κ1) is 13.5. The summed E-state index contributed by atoms with van der Waals surface area (Å²) in [5.41, 5.74) is 1.06. The molecule has 0 amide bonds. The number of aromatic nitrogens is 3. The maximum atomic E-state index is 5.79. The minimum Gasteiger partial charge on any atom is -0.435 e. The van der Waals surface area contributed by atoms with Gasteiger partial charge in [0.05, 0.1) is 12.4 Å². The van der Waals surface area contributed by atoms with Gasteiger partial charge in [0.1, 0.15) is 0 Å². The van der Waals surface area contributed by atoms with Gasteiger partial charge in [-0.3, -0.25) is 4.68 Å². The first-order valence-corrected chi connectivity index (χ1v) is 6.68. The quantitative estimate of drug-likeness (QED) is 0.777. The zero-order chi connectivity index (χ0) is 13.5. The molecule has 5 nitrogen and oxygen atoms in total. The van der Waals surface area contributed by atoms with Crippen molar-refractivity contribution in [1.82, 2.24) is 20.1 Å². The summed E-state index contributed by atoms with van der Waals surface area (Å²) in [7, 11) is 0. The van der Waals surface area contributed by atoms with Crippen LogP contribution >= 0.6 is 0 Å². The Morgan fingerprint density at radius 1 is 1.37 bits per heavy atom. The topological polar surface area (TPSA) is 52.0 Å². The largest absolute Gasteiger partial charge is 0.435 e. The number of ether oxygens (including phenoxy) is 1. The molecule has 0 unspecified atom stereocenters. The highest BCUT2D eigenvalue weighted by Gasteiger charge is 2.07. The molecule has 2 heterocycles. The van der Waals surface area contributed by atoms with Crippen LogP contribution in [0.4, 0.5) is 0 Å². The molecule has 0 spiro atoms. The Balaban J connectivity index is 2.06. The maximum absolute atomic E-state index is 5.79. The zero-order valence-corrected chi connectivity index (χ0v) is 11.5. The summed E-state index contributed by atoms with van der Waals surface area (Å²) in [5, 5.41) is 7.54. The van der Waals surface area contributed by atoms with Gasteiger partial charge < -0.3 is 10.1 Å². The molecule has 0 atom stereocenters. The van der Waals surface area contributed by atoms with Crippen molar-refractivity contribution in [2.24, 2.45) is 0 Å². The summed E-state index contributed by atoms with van der Waals surface area (Å²) in [6, 6.07) is 3.94. The number of pyridine rings is 1. The van der Waals surface area contributed by atoms with Crippen LogP contribution < -0.4 is 10.1 Å². The van der Waals surface area contributed by atoms with Crippen molar-refractivity contribution in [1.29, 1.82) is 0 Å². The number of rotatable bonds is 7. The van der Waals surface area contributed by atoms with Crippen LogP contribution in [0, 0.1) is 0 Å². The highest BCUT2D eigenvalue weighted by Crippen LogP contribution is 2.22. The Hall–Kier alpha value is -1.88. The summed E-state index contributed by atoms with van der Waals surface area (Å²) >= 11 is 0. The van der Waals surface area contributed by atoms with E-state index in [1.807, 2.05) is 29.9 Å². The second kappa shape index (κ2) is 6.89. The van der Waals surface area contributed by atoms with Gasteiger partial charge in [-0.15, -0.1) is 0 Å². The third-order valence-corrected chi connectivity index (χ3v) is 2.74. The molecule has 19 heavy (non-hydrogen) atoms. The van der Waals surface area contributed by atoms with Crippen molar-refractivity contribution in [3.05, 3.63) is 36.3 Å². The molecule has 0 aliphatic heterocycles. The van der Waals surface area contributed by atoms with Crippen molar-refractivity contribution >= 4 is 0 Å². The molecule has 0 fully saturated rings. The monoisotopic (exact) mass is 260 g/mol. The summed E-state index contributed by atoms with van der Waals surface area (Å²) < 4.78 is 7.61. The number of hydrogen-bond donors (Lipinski definition) is 1. The van der Waals surface area contributed by atoms with Crippen LogP contribution in [0.15, 0.2) is 30.7 Å². The number of nitrogens with one attached hydrogen (secondary N) is 1. The van der Waals surface area contributed by atoms with Crippen molar-refractivity contribution in [3.63, 3.8) is 0 Å². The average molecular weight is 260 g/mol. The molecule has 0 saturated carbocycles. The Kier molecular flexibility index (Phi) is 4.92. The lowest BCUT2D eigenvalue weighted by molar-refractivity contribution is 0.452. The van der Waals surface area contributed by atoms with Crippen LogP contribution in [0.1, 0.15) is 25.8 Å². The molecule has 0 aromatic carbocycles. The molecule has 5 heteroatoms. The van der Waals surface area contributed by atoms with E-state index in [1.165, 1.54) is 0 Å². The van der Waals surface area contributed by atoms with E-state index < -0.39 is 0 Å². The third-order valence-electron chi connectivity index (χ3n) is 2.74. The van der Waals surface area contributed by atoms with Gasteiger partial charge in [0.2, 0.25) is 5.88 Å². The Morgan fingerprint density at radius 2 is 2.26 bits per heavy atom. The molecule has 0 radical (unpaired) electrons. The molecule has 1 N–H and O–H groups in total. The molecule has 102 valence electrons. The van der Waals surface area contributed by atoms with Crippen molar-refractivity contribution in [2.75, 3.05) is 6.54 Å². The van der Waals surface area contributed by atoms with E-state index in [2.05, 4.69) is 22.3 Å². The lowest BCUT2D eigenvalue weighted by Crippen LogP contribution is -2.14. The summed E-state index contributed by atoms with van der Waals surface area (Å²) in [4.78, 5) is 4.29. The van der Waals surface area contributed by atoms with Crippen LogP contribution in [0.5, 0.6) is 11.6 Å². The van der Waals surface area contributed by atoms with E-state index in [0.29, 0.717) is 5.88 Å². The minimum atomic E-state index is 0.641. The van der Waals surface area contributed by atoms with Crippen molar-refractivity contribution in [2.45, 2.75) is 33.4 Å². The van der Waals surface area contributed by atoms with E-state index in [-0.39, 0.29) is 0 Å². The lowest BCUT2D eigenvalue weighted by Gasteiger charge is -2.08. The fourth-order valence-corrected chi connectivity index (χ4v) is 1.73. The first-order valence-electron chi connectivity index (χ1n) is 6.68. The minimum absolute atomic E-state index is 0.641. The molecule has 2 aromatic rings. The van der Waals surface area contributed by atoms with Gasteiger partial charge in [0.15, 0.2) is 5.75 Å². The Labute approximate surface area is 113 Å². The summed E-state index contributed by atoms with van der Waals surface area (Å²) in [6.45, 7) is 6.77. The van der Waals surface area contributed by atoms with Crippen LogP contribution in [-0.4, -0.2) is 21.3 Å². The van der Waals surface area contributed by atoms with Crippen LogP contribution in [0.2, 0.25) is 0 Å². The SMILES string of the molecule is CCCNCc1cccnc1Oc1cnn(CC)c1. The van der Waals surface area contributed by atoms with Crippen LogP contribution in [0.3, 0.4) is 0 Å². The second-order valence-corrected chi connectivity index (χ2v) is 4.28. The highest BCUT2D eigenvalue weighted by atomic mass is 16.5. The smallest absolute Gasteiger partial charge is 0.223 e. The molecule has 0 aliphatic carbocycles. The fourth-order valence-electron chi connectivity index (χ4n) is 1.73. The van der Waals surface area contributed by atoms with E-state index >= 15 is 0 Å². The van der Waals surface area contributed by atoms with Crippen molar-refractivity contribution < 1.29 is 4.74 Å². The summed E-state index contributed by atoms with van der Waals surface area (Å²) in [6.07, 6.45) is 6.43. The predicted molar refractivity (Wildman–Crippen MR) is 74.2 cm³/mol. The normalized spacial score (nSPS) is 10.6. The van der Waals surface area contributed by atoms with E-state index in [4.69, 9.17) is 4.74 Å². The summed E-state index contributed by atoms with van der Waals surface area (Å²) in [5.74, 6) is 1.36. The van der Waals surface area contributed by atoms with Gasteiger partial charge >= 0.3 is 0 Å². The standard InChI is InChI=1S/C14H20N4O/c1-3-7-15-9-12-6-5-8-16-14(12)19-13-10-17-18(4-2)11-13/h5-6,8,10-11,15H,3-4,7,9H2,1-2H3. The molecule has 0 bridgehead atoms. The van der Waals surface area contributed by atoms with Crippen LogP contribution in [0.25, 0.3) is 0 Å². The van der Waals surface area contributed by atoms with Gasteiger partial charge in [-0.05, 0) is 26.0 Å². The maximum Gasteiger partial charge on any atom is 0.223 e. The van der Waals surface area contributed by atoms with Gasteiger partial charge in [-0.2, -0.15) is 5.10 Å². The Morgan fingerprint density at radius 3 is 3.00 bits per heavy atom. The Bertz CT molecular complexity index is 510. The van der Waals surface area contributed by atoms with E-state index in [0.717, 1.165) is 37.4 Å². The molecule has 2 aromatic heterocycles. The van der Waals surface area contributed by atoms with Gasteiger partial charge in [-0.25, -0.2) is 4.98 Å². The van der Waals surface area contributed by atoms with Gasteiger partial charge in [-0.1, -0.05) is 13.0 Å². The molecule has 0 aliphatic rings. The molecule has 0 saturated heterocycles. The predicted octanol–water partition coefficient (Wildman–Crippen LogP) is 2.59. The van der Waals surface area contributed by atoms with Gasteiger partial charge in [0.25, 0.3) is 0 Å². The molecular weight excluding hydrogens is 240 g/mol. The van der Waals surface area contributed by atoms with Gasteiger partial charge in [0, 0.05) is 24.8 Å². The molecule has 2 rings (SSSR count). The second-order valence-electron chi connectivity index (χ2n) is 4.28. The first-order chi connectivity index (χ1) is 9.33.